The molecule has 2 radical (unpaired) electrons. The minimum absolute atomic E-state index is 0. The van der Waals surface area contributed by atoms with Crippen LogP contribution in [0, 0.1) is 0 Å². The first kappa shape index (κ1) is 57.2. The number of rotatable bonds is 10. The Hall–Kier alpha value is -2.97. The van der Waals surface area contributed by atoms with Crippen LogP contribution in [0.2, 0.25) is 0 Å². The second kappa shape index (κ2) is 22.7. The van der Waals surface area contributed by atoms with Gasteiger partial charge in [-0.15, -0.1) is 20.5 Å². The number of anilines is 2. The molecule has 0 heterocycles. The van der Waals surface area contributed by atoms with Gasteiger partial charge in [-0.25, -0.2) is 25.3 Å². The standard InChI is InChI=1S/C38H27N5O13S3.2Cu.3Na/c44-31-16-20(6-12-29(31)40-42-35-33(58(51,52)53)18-22-14-25(8-10-27(22)37(35)46)39-24-4-2-1-3-5-24)21-7-13-30(32(45)17-21)41-43-36-34(59(54,55)56)19-23-15-26(57(48,49)50)9-11-28(23)38(36)47;;;;;/h1-19,39,44-47H,(H,48,49,50)(H,51,52,53)(H,54,55,56);;;;;/q;;;3*+1/p-3. The molecule has 64 heavy (non-hydrogen) atoms. The van der Waals surface area contributed by atoms with Crippen molar-refractivity contribution in [3.8, 4) is 34.1 Å². The van der Waals surface area contributed by atoms with Crippen LogP contribution in [0.1, 0.15) is 0 Å². The van der Waals surface area contributed by atoms with Gasteiger partial charge >= 0.3 is 88.7 Å². The third kappa shape index (κ3) is 12.7. The summed E-state index contributed by atoms with van der Waals surface area (Å²) in [6.45, 7) is 0. The van der Waals surface area contributed by atoms with Crippen LogP contribution in [0.5, 0.6) is 23.0 Å². The molecule has 26 heteroatoms. The molecular weight excluding hydrogens is 1030 g/mol. The number of aromatic hydroxyl groups is 4. The quantitative estimate of drug-likeness (QED) is 0.0610. The van der Waals surface area contributed by atoms with Gasteiger partial charge in [0.1, 0.15) is 64.6 Å². The Labute approximate surface area is 452 Å². The smallest absolute Gasteiger partial charge is 0.744 e. The van der Waals surface area contributed by atoms with E-state index in [1.165, 1.54) is 48.5 Å². The average molecular weight is 1050 g/mol. The zero-order chi connectivity index (χ0) is 42.4. The molecule has 0 spiro atoms. The predicted octanol–water partition coefficient (Wildman–Crippen LogP) is -1.22. The average Bonchev–Trinajstić information content (AvgIpc) is 3.17. The maximum Gasteiger partial charge on any atom is 1.00 e. The molecule has 7 aromatic carbocycles. The second-order valence-electron chi connectivity index (χ2n) is 12.6. The van der Waals surface area contributed by atoms with E-state index in [4.69, 9.17) is 0 Å². The maximum absolute atomic E-state index is 12.3. The van der Waals surface area contributed by atoms with Gasteiger partial charge in [-0.05, 0) is 107 Å². The van der Waals surface area contributed by atoms with Crippen LogP contribution in [0.25, 0.3) is 32.7 Å². The Morgan fingerprint density at radius 1 is 0.453 bits per heavy atom. The number of benzene rings is 7. The molecule has 18 nitrogen and oxygen atoms in total. The van der Waals surface area contributed by atoms with Crippen LogP contribution in [0.15, 0.2) is 150 Å². The van der Waals surface area contributed by atoms with Crippen molar-refractivity contribution in [3.05, 3.63) is 115 Å². The number of phenolic OH excluding ortho intramolecular Hbond substituents is 4. The molecule has 0 unspecified atom stereocenters. The summed E-state index contributed by atoms with van der Waals surface area (Å²) < 4.78 is 107. The number of nitrogens with one attached hydrogen (secondary N) is 1. The molecule has 0 aliphatic rings. The van der Waals surface area contributed by atoms with Gasteiger partial charge in [-0.1, -0.05) is 30.3 Å². The van der Waals surface area contributed by atoms with Crippen molar-refractivity contribution in [2.24, 2.45) is 20.5 Å². The van der Waals surface area contributed by atoms with E-state index >= 15 is 0 Å². The first-order valence-electron chi connectivity index (χ1n) is 16.6. The fourth-order valence-electron chi connectivity index (χ4n) is 5.96. The van der Waals surface area contributed by atoms with Crippen molar-refractivity contribution in [1.82, 2.24) is 0 Å². The van der Waals surface area contributed by atoms with E-state index in [0.717, 1.165) is 30.0 Å². The van der Waals surface area contributed by atoms with Crippen LogP contribution >= 0.6 is 0 Å². The molecular formula is C38H24Cu2N5Na3O13S3. The Kier molecular flexibility index (Phi) is 20.3. The number of hydrogen-bond donors (Lipinski definition) is 5. The van der Waals surface area contributed by atoms with Crippen molar-refractivity contribution < 1.29 is 182 Å². The molecule has 0 atom stereocenters. The van der Waals surface area contributed by atoms with Gasteiger partial charge in [0.05, 0.1) is 14.7 Å². The minimum Gasteiger partial charge on any atom is -0.744 e. The number of azo groups is 2. The van der Waals surface area contributed by atoms with Gasteiger partial charge in [-0.2, -0.15) is 0 Å². The summed E-state index contributed by atoms with van der Waals surface area (Å²) in [6.07, 6.45) is 0. The molecule has 0 aromatic heterocycles. The maximum atomic E-state index is 12.3. The van der Waals surface area contributed by atoms with E-state index in [0.29, 0.717) is 17.3 Å². The number of nitrogens with zero attached hydrogens (tertiary/aromatic N) is 4. The summed E-state index contributed by atoms with van der Waals surface area (Å²) in [6, 6.07) is 25.8. The van der Waals surface area contributed by atoms with Crippen LogP contribution in [0.4, 0.5) is 34.1 Å². The summed E-state index contributed by atoms with van der Waals surface area (Å²) in [4.78, 5) is -2.70. The fraction of sp³-hybridized carbons (Fsp3) is 0. The van der Waals surface area contributed by atoms with Crippen LogP contribution in [-0.4, -0.2) is 59.3 Å². The summed E-state index contributed by atoms with van der Waals surface area (Å²) in [5.74, 6) is -2.56. The molecule has 7 rings (SSSR count). The molecule has 322 valence electrons. The molecule has 0 aliphatic heterocycles. The van der Waals surface area contributed by atoms with Gasteiger partial charge < -0.3 is 39.4 Å². The summed E-state index contributed by atoms with van der Waals surface area (Å²) in [5.41, 5.74) is -0.102. The topological polar surface area (TPSA) is 314 Å². The number of hydrogen-bond acceptors (Lipinski definition) is 18. The fourth-order valence-corrected chi connectivity index (χ4v) is 7.76. The van der Waals surface area contributed by atoms with Gasteiger partial charge in [-0.3, -0.25) is 0 Å². The Morgan fingerprint density at radius 3 is 1.31 bits per heavy atom. The molecule has 0 bridgehead atoms. The Bertz CT molecular complexity index is 3300. The second-order valence-corrected chi connectivity index (χ2v) is 16.7. The van der Waals surface area contributed by atoms with Crippen molar-refractivity contribution in [3.63, 3.8) is 0 Å². The minimum atomic E-state index is -5.36. The SMILES string of the molecule is O=S(=O)([O-])c1ccc2c(O)c(N=Nc3ccc(-c4ccc(N=Nc5c(S(=O)(=O)[O-])cc6cc(Nc7ccccc7)ccc6c5O)c(O)c4)cc3O)c(S(=O)(=O)[O-])cc2c1.[Cu].[Cu].[Na+].[Na+].[Na+]. The van der Waals surface area contributed by atoms with Gasteiger partial charge in [0, 0.05) is 56.3 Å². The van der Waals surface area contributed by atoms with E-state index in [1.807, 2.05) is 18.2 Å². The van der Waals surface area contributed by atoms with E-state index in [-0.39, 0.29) is 161 Å². The molecule has 0 fully saturated rings. The molecule has 0 saturated carbocycles. The molecule has 0 aliphatic carbocycles. The van der Waals surface area contributed by atoms with Gasteiger partial charge in [0.25, 0.3) is 0 Å². The van der Waals surface area contributed by atoms with Gasteiger partial charge in [0.2, 0.25) is 0 Å². The number of para-hydroxylation sites is 1. The number of phenols is 4. The van der Waals surface area contributed by atoms with Gasteiger partial charge in [0.15, 0.2) is 11.5 Å². The molecule has 7 aromatic rings. The van der Waals surface area contributed by atoms with E-state index in [9.17, 15) is 59.3 Å². The first-order valence-corrected chi connectivity index (χ1v) is 20.8. The third-order valence-electron chi connectivity index (χ3n) is 8.76. The Balaban J connectivity index is 0.00000282. The summed E-state index contributed by atoms with van der Waals surface area (Å²) in [7, 11) is -15.5. The zero-order valence-corrected chi connectivity index (χ0v) is 43.4. The third-order valence-corrected chi connectivity index (χ3v) is 11.3. The summed E-state index contributed by atoms with van der Waals surface area (Å²) in [5, 5.41) is 61.6. The van der Waals surface area contributed by atoms with E-state index in [1.54, 1.807) is 18.2 Å². The predicted molar refractivity (Wildman–Crippen MR) is 208 cm³/mol. The molecule has 5 N–H and O–H groups in total. The van der Waals surface area contributed by atoms with E-state index in [2.05, 4.69) is 25.8 Å². The van der Waals surface area contributed by atoms with E-state index < -0.39 is 79.4 Å². The molecule has 0 amide bonds. The van der Waals surface area contributed by atoms with Crippen LogP contribution in [-0.2, 0) is 64.5 Å². The van der Waals surface area contributed by atoms with Crippen LogP contribution < -0.4 is 94.0 Å². The number of fused-ring (bicyclic) bond motifs is 2. The van der Waals surface area contributed by atoms with Crippen molar-refractivity contribution in [2.75, 3.05) is 5.32 Å². The summed E-state index contributed by atoms with van der Waals surface area (Å²) >= 11 is 0. The van der Waals surface area contributed by atoms with Crippen molar-refractivity contribution in [2.45, 2.75) is 14.7 Å². The van der Waals surface area contributed by atoms with Crippen molar-refractivity contribution in [1.29, 1.82) is 0 Å². The largest absolute Gasteiger partial charge is 1.00 e. The first-order chi connectivity index (χ1) is 27.8. The molecule has 0 saturated heterocycles. The normalized spacial score (nSPS) is 11.5. The Morgan fingerprint density at radius 2 is 0.891 bits per heavy atom. The zero-order valence-electron chi connectivity index (χ0n) is 33.0. The van der Waals surface area contributed by atoms with Crippen LogP contribution in [0.3, 0.4) is 0 Å². The van der Waals surface area contributed by atoms with Crippen molar-refractivity contribution >= 4 is 86.0 Å². The monoisotopic (exact) mass is 1050 g/mol.